The van der Waals surface area contributed by atoms with Crippen LogP contribution in [0.3, 0.4) is 0 Å². The first-order valence-corrected chi connectivity index (χ1v) is 7.24. The lowest BCUT2D eigenvalue weighted by Gasteiger charge is -2.21. The molecule has 0 saturated carbocycles. The van der Waals surface area contributed by atoms with E-state index in [4.69, 9.17) is 16.0 Å². The number of hydrogen-bond donors (Lipinski definition) is 3. The van der Waals surface area contributed by atoms with Gasteiger partial charge < -0.3 is 15.7 Å². The lowest BCUT2D eigenvalue weighted by atomic mass is 10.1. The highest BCUT2D eigenvalue weighted by molar-refractivity contribution is 7.89. The Balaban J connectivity index is 2.33. The summed E-state index contributed by atoms with van der Waals surface area (Å²) < 4.78 is 22.6. The van der Waals surface area contributed by atoms with Gasteiger partial charge in [-0.05, 0) is 24.6 Å². The zero-order valence-corrected chi connectivity index (χ0v) is 10.7. The highest BCUT2D eigenvalue weighted by atomic mass is 32.2. The van der Waals surface area contributed by atoms with Crippen molar-refractivity contribution >= 4 is 21.4 Å². The molecule has 1 atom stereocenters. The second kappa shape index (κ2) is 4.75. The van der Waals surface area contributed by atoms with Crippen LogP contribution in [0.2, 0.25) is 0 Å². The predicted molar refractivity (Wildman–Crippen MR) is 69.6 cm³/mol. The molecule has 100 valence electrons. The van der Waals surface area contributed by atoms with E-state index >= 15 is 0 Å². The maximum Gasteiger partial charge on any atom is 0.238 e. The van der Waals surface area contributed by atoms with Crippen molar-refractivity contribution in [1.82, 2.24) is 0 Å². The zero-order valence-electron chi connectivity index (χ0n) is 9.91. The smallest absolute Gasteiger partial charge is 0.238 e. The maximum atomic E-state index is 11.3. The predicted octanol–water partition coefficient (Wildman–Crippen LogP) is -0.265. The Labute approximate surface area is 106 Å². The third kappa shape index (κ3) is 2.58. The summed E-state index contributed by atoms with van der Waals surface area (Å²) in [6.45, 7) is 1.56. The molecule has 18 heavy (non-hydrogen) atoms. The second-order valence-electron chi connectivity index (χ2n) is 4.55. The fourth-order valence-corrected chi connectivity index (χ4v) is 2.71. The van der Waals surface area contributed by atoms with Crippen LogP contribution in [0.5, 0.6) is 0 Å². The van der Waals surface area contributed by atoms with Crippen LogP contribution in [0.15, 0.2) is 23.1 Å². The minimum absolute atomic E-state index is 0.0548. The molecule has 5 N–H and O–H groups in total. The highest BCUT2D eigenvalue weighted by Gasteiger charge is 2.24. The molecule has 0 bridgehead atoms. The molecule has 0 amide bonds. The molecule has 6 nitrogen and oxygen atoms in total. The molecule has 0 aromatic heterocycles. The number of aliphatic hydroxyl groups is 1. The van der Waals surface area contributed by atoms with E-state index in [0.29, 0.717) is 17.9 Å². The molecule has 1 aromatic rings. The molecule has 2 rings (SSSR count). The minimum Gasteiger partial charge on any atom is -0.397 e. The van der Waals surface area contributed by atoms with E-state index in [1.165, 1.54) is 12.1 Å². The number of nitrogens with zero attached hydrogens (tertiary/aromatic N) is 1. The lowest BCUT2D eigenvalue weighted by molar-refractivity contribution is 0.238. The van der Waals surface area contributed by atoms with Crippen molar-refractivity contribution in [2.75, 3.05) is 30.3 Å². The molecule has 1 fully saturated rings. The highest BCUT2D eigenvalue weighted by Crippen LogP contribution is 2.30. The molecular formula is C11H17N3O3S. The second-order valence-corrected chi connectivity index (χ2v) is 6.11. The minimum atomic E-state index is -3.72. The molecule has 1 heterocycles. The van der Waals surface area contributed by atoms with Gasteiger partial charge in [0.2, 0.25) is 10.0 Å². The molecule has 1 aliphatic rings. The maximum absolute atomic E-state index is 11.3. The number of anilines is 2. The van der Waals surface area contributed by atoms with Crippen LogP contribution >= 0.6 is 0 Å². The molecule has 1 aromatic carbocycles. The summed E-state index contributed by atoms with van der Waals surface area (Å²) in [4.78, 5) is 2.03. The van der Waals surface area contributed by atoms with E-state index in [0.717, 1.165) is 13.0 Å². The Morgan fingerprint density at radius 2 is 2.17 bits per heavy atom. The molecule has 1 aliphatic heterocycles. The zero-order chi connectivity index (χ0) is 13.3. The number of primary sulfonamides is 1. The van der Waals surface area contributed by atoms with E-state index in [1.54, 1.807) is 6.07 Å². The summed E-state index contributed by atoms with van der Waals surface area (Å²) in [5.74, 6) is 0.211. The van der Waals surface area contributed by atoms with Crippen LogP contribution in [0.25, 0.3) is 0 Å². The fraction of sp³-hybridized carbons (Fsp3) is 0.455. The van der Waals surface area contributed by atoms with Crippen LogP contribution in [-0.4, -0.2) is 33.2 Å². The molecular weight excluding hydrogens is 254 g/mol. The van der Waals surface area contributed by atoms with Gasteiger partial charge in [0.1, 0.15) is 0 Å². The van der Waals surface area contributed by atoms with Crippen LogP contribution in [0.1, 0.15) is 6.42 Å². The third-order valence-corrected chi connectivity index (χ3v) is 4.13. The van der Waals surface area contributed by atoms with Gasteiger partial charge >= 0.3 is 0 Å². The molecule has 7 heteroatoms. The van der Waals surface area contributed by atoms with E-state index in [-0.39, 0.29) is 17.4 Å². The number of hydrogen-bond acceptors (Lipinski definition) is 5. The first-order valence-electron chi connectivity index (χ1n) is 5.70. The fourth-order valence-electron chi connectivity index (χ4n) is 2.17. The summed E-state index contributed by atoms with van der Waals surface area (Å²) in [5, 5.41) is 14.2. The Morgan fingerprint density at radius 1 is 1.44 bits per heavy atom. The Hall–Kier alpha value is -1.31. The summed E-state index contributed by atoms with van der Waals surface area (Å²) in [7, 11) is -3.72. The van der Waals surface area contributed by atoms with E-state index in [1.807, 2.05) is 4.90 Å². The van der Waals surface area contributed by atoms with Crippen LogP contribution in [-0.2, 0) is 10.0 Å². The average Bonchev–Trinajstić information content (AvgIpc) is 2.76. The number of nitrogen functional groups attached to an aromatic ring is 1. The van der Waals surface area contributed by atoms with Gasteiger partial charge in [-0.3, -0.25) is 0 Å². The van der Waals surface area contributed by atoms with Crippen LogP contribution < -0.4 is 15.8 Å². The normalized spacial score (nSPS) is 20.3. The largest absolute Gasteiger partial charge is 0.397 e. The molecule has 0 spiro atoms. The lowest BCUT2D eigenvalue weighted by Crippen LogP contribution is -2.22. The van der Waals surface area contributed by atoms with Gasteiger partial charge in [0.15, 0.2) is 0 Å². The van der Waals surface area contributed by atoms with E-state index in [9.17, 15) is 8.42 Å². The molecule has 1 saturated heterocycles. The summed E-state index contributed by atoms with van der Waals surface area (Å²) in [5.41, 5.74) is 7.04. The van der Waals surface area contributed by atoms with Crippen molar-refractivity contribution < 1.29 is 13.5 Å². The average molecular weight is 271 g/mol. The number of nitrogens with two attached hydrogens (primary N) is 2. The first kappa shape index (κ1) is 13.1. The third-order valence-electron chi connectivity index (χ3n) is 3.22. The molecule has 1 unspecified atom stereocenters. The van der Waals surface area contributed by atoms with Gasteiger partial charge in [-0.1, -0.05) is 0 Å². The first-order chi connectivity index (χ1) is 8.41. The van der Waals surface area contributed by atoms with Crippen molar-refractivity contribution in [1.29, 1.82) is 0 Å². The van der Waals surface area contributed by atoms with Crippen molar-refractivity contribution in [2.45, 2.75) is 11.3 Å². The summed E-state index contributed by atoms with van der Waals surface area (Å²) >= 11 is 0. The van der Waals surface area contributed by atoms with Crippen molar-refractivity contribution in [3.05, 3.63) is 18.2 Å². The molecule has 0 radical (unpaired) electrons. The van der Waals surface area contributed by atoms with Gasteiger partial charge in [0, 0.05) is 25.6 Å². The number of rotatable bonds is 3. The number of aliphatic hydroxyl groups excluding tert-OH is 1. The SMILES string of the molecule is Nc1ccc(S(N)(=O)=O)cc1N1CCC(CO)C1. The van der Waals surface area contributed by atoms with Crippen LogP contribution in [0.4, 0.5) is 11.4 Å². The van der Waals surface area contributed by atoms with Gasteiger partial charge in [-0.25, -0.2) is 13.6 Å². The van der Waals surface area contributed by atoms with Gasteiger partial charge in [0.25, 0.3) is 0 Å². The van der Waals surface area contributed by atoms with E-state index < -0.39 is 10.0 Å². The quantitative estimate of drug-likeness (QED) is 0.656. The standard InChI is InChI=1S/C11H17N3O3S/c12-10-2-1-9(18(13,16)17)5-11(10)14-4-3-8(6-14)7-15/h1-2,5,8,15H,3-4,6-7,12H2,(H2,13,16,17). The topological polar surface area (TPSA) is 110 Å². The van der Waals surface area contributed by atoms with Gasteiger partial charge in [0.05, 0.1) is 16.3 Å². The van der Waals surface area contributed by atoms with E-state index in [2.05, 4.69) is 0 Å². The van der Waals surface area contributed by atoms with Crippen molar-refractivity contribution in [3.63, 3.8) is 0 Å². The Morgan fingerprint density at radius 3 is 2.72 bits per heavy atom. The van der Waals surface area contributed by atoms with Gasteiger partial charge in [-0.15, -0.1) is 0 Å². The Bertz CT molecular complexity index is 544. The summed E-state index contributed by atoms with van der Waals surface area (Å²) in [6, 6.07) is 4.43. The number of sulfonamides is 1. The van der Waals surface area contributed by atoms with Gasteiger partial charge in [-0.2, -0.15) is 0 Å². The Kier molecular flexibility index (Phi) is 3.47. The number of benzene rings is 1. The monoisotopic (exact) mass is 271 g/mol. The van der Waals surface area contributed by atoms with Crippen molar-refractivity contribution in [2.24, 2.45) is 11.1 Å². The van der Waals surface area contributed by atoms with Crippen molar-refractivity contribution in [3.8, 4) is 0 Å². The molecule has 0 aliphatic carbocycles. The van der Waals surface area contributed by atoms with Crippen LogP contribution in [0, 0.1) is 5.92 Å². The summed E-state index contributed by atoms with van der Waals surface area (Å²) in [6.07, 6.45) is 0.871.